The smallest absolute Gasteiger partial charge is 0.218 e. The van der Waals surface area contributed by atoms with E-state index in [1.807, 2.05) is 13.8 Å². The SMILES string of the molecule is CC(C)C(CC(N)=O)c1ccc(F)c(F)c1. The second kappa shape index (κ2) is 5.05. The molecule has 0 saturated heterocycles. The summed E-state index contributed by atoms with van der Waals surface area (Å²) >= 11 is 0. The summed E-state index contributed by atoms with van der Waals surface area (Å²) in [6, 6.07) is 3.69. The highest BCUT2D eigenvalue weighted by Gasteiger charge is 2.19. The Morgan fingerprint density at radius 1 is 1.31 bits per heavy atom. The molecule has 0 spiro atoms. The van der Waals surface area contributed by atoms with Crippen LogP contribution in [0.2, 0.25) is 0 Å². The topological polar surface area (TPSA) is 43.1 Å². The summed E-state index contributed by atoms with van der Waals surface area (Å²) in [5.74, 6) is -2.26. The minimum Gasteiger partial charge on any atom is -0.370 e. The van der Waals surface area contributed by atoms with Crippen molar-refractivity contribution in [2.24, 2.45) is 11.7 Å². The molecule has 88 valence electrons. The zero-order valence-electron chi connectivity index (χ0n) is 9.34. The largest absolute Gasteiger partial charge is 0.370 e. The Labute approximate surface area is 93.5 Å². The van der Waals surface area contributed by atoms with Crippen molar-refractivity contribution in [2.45, 2.75) is 26.2 Å². The molecule has 0 aliphatic rings. The molecule has 1 aromatic rings. The number of halogens is 2. The van der Waals surface area contributed by atoms with Crippen molar-refractivity contribution in [1.29, 1.82) is 0 Å². The van der Waals surface area contributed by atoms with Crippen molar-refractivity contribution in [3.05, 3.63) is 35.4 Å². The summed E-state index contributed by atoms with van der Waals surface area (Å²) in [6.07, 6.45) is 0.142. The van der Waals surface area contributed by atoms with Gasteiger partial charge in [-0.25, -0.2) is 8.78 Å². The number of benzene rings is 1. The van der Waals surface area contributed by atoms with Gasteiger partial charge in [-0.05, 0) is 29.5 Å². The number of amides is 1. The number of primary amides is 1. The van der Waals surface area contributed by atoms with Gasteiger partial charge in [-0.3, -0.25) is 4.79 Å². The van der Waals surface area contributed by atoms with Crippen molar-refractivity contribution in [1.82, 2.24) is 0 Å². The summed E-state index contributed by atoms with van der Waals surface area (Å²) < 4.78 is 25.8. The van der Waals surface area contributed by atoms with E-state index >= 15 is 0 Å². The number of carbonyl (C=O) groups excluding carboxylic acids is 1. The van der Waals surface area contributed by atoms with Crippen LogP contribution in [0.4, 0.5) is 8.78 Å². The van der Waals surface area contributed by atoms with Crippen molar-refractivity contribution in [2.75, 3.05) is 0 Å². The Balaban J connectivity index is 3.01. The molecule has 0 fully saturated rings. The van der Waals surface area contributed by atoms with Gasteiger partial charge < -0.3 is 5.73 Å². The number of rotatable bonds is 4. The Morgan fingerprint density at radius 3 is 2.38 bits per heavy atom. The third-order valence-corrected chi connectivity index (χ3v) is 2.60. The fraction of sp³-hybridized carbons (Fsp3) is 0.417. The number of hydrogen-bond donors (Lipinski definition) is 1. The van der Waals surface area contributed by atoms with E-state index < -0.39 is 17.5 Å². The highest BCUT2D eigenvalue weighted by atomic mass is 19.2. The first-order chi connectivity index (χ1) is 7.41. The third-order valence-electron chi connectivity index (χ3n) is 2.60. The van der Waals surface area contributed by atoms with E-state index in [0.29, 0.717) is 5.56 Å². The number of nitrogens with two attached hydrogens (primary N) is 1. The highest BCUT2D eigenvalue weighted by Crippen LogP contribution is 2.28. The fourth-order valence-electron chi connectivity index (χ4n) is 1.70. The van der Waals surface area contributed by atoms with E-state index in [0.717, 1.165) is 12.1 Å². The average molecular weight is 227 g/mol. The fourth-order valence-corrected chi connectivity index (χ4v) is 1.70. The van der Waals surface area contributed by atoms with Crippen LogP contribution in [0.5, 0.6) is 0 Å². The van der Waals surface area contributed by atoms with E-state index in [9.17, 15) is 13.6 Å². The summed E-state index contributed by atoms with van der Waals surface area (Å²) in [4.78, 5) is 10.9. The van der Waals surface area contributed by atoms with Gasteiger partial charge in [0, 0.05) is 6.42 Å². The van der Waals surface area contributed by atoms with Gasteiger partial charge in [-0.15, -0.1) is 0 Å². The van der Waals surface area contributed by atoms with E-state index in [-0.39, 0.29) is 18.3 Å². The quantitative estimate of drug-likeness (QED) is 0.844. The predicted octanol–water partition coefficient (Wildman–Crippen LogP) is 2.58. The highest BCUT2D eigenvalue weighted by molar-refractivity contribution is 5.74. The monoisotopic (exact) mass is 227 g/mol. The molecule has 0 radical (unpaired) electrons. The Morgan fingerprint density at radius 2 is 1.94 bits per heavy atom. The van der Waals surface area contributed by atoms with E-state index in [2.05, 4.69) is 0 Å². The predicted molar refractivity (Wildman–Crippen MR) is 57.7 cm³/mol. The van der Waals surface area contributed by atoms with Crippen molar-refractivity contribution >= 4 is 5.91 Å². The minimum atomic E-state index is -0.896. The van der Waals surface area contributed by atoms with Crippen molar-refractivity contribution < 1.29 is 13.6 Å². The maximum atomic E-state index is 13.0. The number of carbonyl (C=O) groups is 1. The lowest BCUT2D eigenvalue weighted by molar-refractivity contribution is -0.118. The molecule has 0 bridgehead atoms. The number of hydrogen-bond acceptors (Lipinski definition) is 1. The molecule has 0 aliphatic carbocycles. The summed E-state index contributed by atoms with van der Waals surface area (Å²) in [7, 11) is 0. The van der Waals surface area contributed by atoms with Gasteiger partial charge in [-0.1, -0.05) is 19.9 Å². The second-order valence-corrected chi connectivity index (χ2v) is 4.19. The van der Waals surface area contributed by atoms with Crippen LogP contribution >= 0.6 is 0 Å². The lowest BCUT2D eigenvalue weighted by Gasteiger charge is -2.19. The Bertz CT molecular complexity index is 391. The summed E-state index contributed by atoms with van der Waals surface area (Å²) in [5.41, 5.74) is 5.73. The maximum Gasteiger partial charge on any atom is 0.218 e. The molecule has 1 unspecified atom stereocenters. The van der Waals surface area contributed by atoms with Crippen LogP contribution in [-0.2, 0) is 4.79 Å². The minimum absolute atomic E-state index is 0.136. The Kier molecular flexibility index (Phi) is 3.99. The van der Waals surface area contributed by atoms with Gasteiger partial charge in [0.2, 0.25) is 5.91 Å². The first-order valence-electron chi connectivity index (χ1n) is 5.15. The zero-order chi connectivity index (χ0) is 12.3. The molecular weight excluding hydrogens is 212 g/mol. The lowest BCUT2D eigenvalue weighted by atomic mass is 9.85. The van der Waals surface area contributed by atoms with E-state index in [1.165, 1.54) is 6.07 Å². The van der Waals surface area contributed by atoms with Gasteiger partial charge in [0.1, 0.15) is 0 Å². The van der Waals surface area contributed by atoms with Gasteiger partial charge in [0.25, 0.3) is 0 Å². The molecule has 0 heterocycles. The molecular formula is C12H15F2NO. The van der Waals surface area contributed by atoms with Crippen molar-refractivity contribution in [3.63, 3.8) is 0 Å². The molecule has 4 heteroatoms. The molecule has 1 rings (SSSR count). The molecule has 1 amide bonds. The van der Waals surface area contributed by atoms with Crippen LogP contribution in [0.3, 0.4) is 0 Å². The lowest BCUT2D eigenvalue weighted by Crippen LogP contribution is -2.18. The maximum absolute atomic E-state index is 13.0. The summed E-state index contributed by atoms with van der Waals surface area (Å²) in [6.45, 7) is 3.82. The first kappa shape index (κ1) is 12.6. The van der Waals surface area contributed by atoms with Gasteiger partial charge in [0.05, 0.1) is 0 Å². The van der Waals surface area contributed by atoms with E-state index in [1.54, 1.807) is 0 Å². The molecule has 2 nitrogen and oxygen atoms in total. The first-order valence-corrected chi connectivity index (χ1v) is 5.15. The molecule has 0 aromatic heterocycles. The van der Waals surface area contributed by atoms with Gasteiger partial charge >= 0.3 is 0 Å². The molecule has 0 saturated carbocycles. The van der Waals surface area contributed by atoms with Crippen LogP contribution in [-0.4, -0.2) is 5.91 Å². The van der Waals surface area contributed by atoms with Crippen molar-refractivity contribution in [3.8, 4) is 0 Å². The van der Waals surface area contributed by atoms with Crippen LogP contribution in [0.1, 0.15) is 31.7 Å². The van der Waals surface area contributed by atoms with Gasteiger partial charge in [-0.2, -0.15) is 0 Å². The molecule has 1 aromatic carbocycles. The van der Waals surface area contributed by atoms with E-state index in [4.69, 9.17) is 5.73 Å². The molecule has 2 N–H and O–H groups in total. The normalized spacial score (nSPS) is 12.8. The standard InChI is InChI=1S/C12H15F2NO/c1-7(2)9(6-12(15)16)8-3-4-10(13)11(14)5-8/h3-5,7,9H,6H2,1-2H3,(H2,15,16). The molecule has 1 atom stereocenters. The molecule has 0 aliphatic heterocycles. The second-order valence-electron chi connectivity index (χ2n) is 4.19. The zero-order valence-corrected chi connectivity index (χ0v) is 9.34. The van der Waals surface area contributed by atoms with Gasteiger partial charge in [0.15, 0.2) is 11.6 Å². The summed E-state index contributed by atoms with van der Waals surface area (Å²) in [5, 5.41) is 0. The van der Waals surface area contributed by atoms with Crippen LogP contribution in [0.15, 0.2) is 18.2 Å². The van der Waals surface area contributed by atoms with Crippen LogP contribution in [0.25, 0.3) is 0 Å². The van der Waals surface area contributed by atoms with Crippen LogP contribution < -0.4 is 5.73 Å². The third kappa shape index (κ3) is 3.02. The molecule has 16 heavy (non-hydrogen) atoms. The Hall–Kier alpha value is -1.45. The average Bonchev–Trinajstić information content (AvgIpc) is 2.18. The van der Waals surface area contributed by atoms with Crippen LogP contribution in [0, 0.1) is 17.6 Å².